The Morgan fingerprint density at radius 3 is 2.59 bits per heavy atom. The average molecular weight is 378 g/mol. The fourth-order valence-corrected chi connectivity index (χ4v) is 1.91. The molecule has 0 aliphatic heterocycles. The van der Waals surface area contributed by atoms with Crippen molar-refractivity contribution >= 4 is 29.9 Å². The molecule has 0 aliphatic rings. The fraction of sp³-hybridized carbons (Fsp3) is 0.444. The lowest BCUT2D eigenvalue weighted by Crippen LogP contribution is -2.28. The highest BCUT2D eigenvalue weighted by Crippen LogP contribution is 2.20. The molecule has 1 unspecified atom stereocenters. The highest BCUT2D eigenvalue weighted by Gasteiger charge is 2.13. The van der Waals surface area contributed by atoms with Crippen molar-refractivity contribution in [3.63, 3.8) is 0 Å². The number of hydrogen-bond donors (Lipinski definition) is 0. The number of para-hydroxylation sites is 1. The van der Waals surface area contributed by atoms with Gasteiger partial charge in [0, 0.05) is 12.6 Å². The van der Waals surface area contributed by atoms with Crippen molar-refractivity contribution in [2.45, 2.75) is 33.0 Å². The van der Waals surface area contributed by atoms with E-state index in [1.165, 1.54) is 25.3 Å². The highest BCUT2D eigenvalue weighted by molar-refractivity contribution is 6.32. The summed E-state index contributed by atoms with van der Waals surface area (Å²) in [6, 6.07) is 7.30. The lowest BCUT2D eigenvalue weighted by atomic mass is 10.1. The van der Waals surface area contributed by atoms with Crippen LogP contribution < -0.4 is 4.90 Å². The first-order valence-corrected chi connectivity index (χ1v) is 8.38. The molecule has 9 heteroatoms. The molecule has 9 nitrogen and oxygen atoms in total. The molecule has 27 heavy (non-hydrogen) atoms. The Morgan fingerprint density at radius 1 is 1.19 bits per heavy atom. The predicted molar refractivity (Wildman–Crippen MR) is 104 cm³/mol. The van der Waals surface area contributed by atoms with Gasteiger partial charge >= 0.3 is 0 Å². The van der Waals surface area contributed by atoms with Crippen LogP contribution in [0.1, 0.15) is 25.8 Å². The van der Waals surface area contributed by atoms with Crippen molar-refractivity contribution < 1.29 is 24.0 Å². The van der Waals surface area contributed by atoms with Gasteiger partial charge in [-0.2, -0.15) is 0 Å². The summed E-state index contributed by atoms with van der Waals surface area (Å²) >= 11 is 0. The topological polar surface area (TPSA) is 94.3 Å². The van der Waals surface area contributed by atoms with Crippen LogP contribution in [-0.4, -0.2) is 51.6 Å². The zero-order chi connectivity index (χ0) is 20.1. The number of rotatable bonds is 10. The monoisotopic (exact) mass is 378 g/mol. The van der Waals surface area contributed by atoms with Crippen LogP contribution in [0.25, 0.3) is 0 Å². The van der Waals surface area contributed by atoms with E-state index in [2.05, 4.69) is 20.3 Å². The zero-order valence-corrected chi connectivity index (χ0v) is 16.3. The number of carbonyl (C=O) groups excluding carboxylic acids is 1. The second-order valence-corrected chi connectivity index (χ2v) is 5.40. The van der Waals surface area contributed by atoms with E-state index in [0.29, 0.717) is 5.69 Å². The van der Waals surface area contributed by atoms with Crippen LogP contribution in [0.5, 0.6) is 0 Å². The van der Waals surface area contributed by atoms with Gasteiger partial charge in [0.1, 0.15) is 33.3 Å². The molecule has 1 rings (SSSR count). The predicted octanol–water partition coefficient (Wildman–Crippen LogP) is 2.56. The normalized spacial score (nSPS) is 12.9. The SMILES string of the molecule is CCC(C)OC(C=NOCc1ccccc1N(C)C(=O)C=NOC)=NOC. The van der Waals surface area contributed by atoms with Gasteiger partial charge in [0.05, 0.1) is 11.8 Å². The average Bonchev–Trinajstić information content (AvgIpc) is 2.69. The van der Waals surface area contributed by atoms with Crippen LogP contribution in [0.2, 0.25) is 0 Å². The van der Waals surface area contributed by atoms with E-state index in [9.17, 15) is 4.79 Å². The maximum absolute atomic E-state index is 12.1. The number of hydrogen-bond acceptors (Lipinski definition) is 8. The third kappa shape index (κ3) is 7.76. The molecule has 148 valence electrons. The minimum Gasteiger partial charge on any atom is -0.471 e. The second-order valence-electron chi connectivity index (χ2n) is 5.40. The molecule has 1 atom stereocenters. The Morgan fingerprint density at radius 2 is 1.93 bits per heavy atom. The number of amides is 1. The number of benzene rings is 1. The maximum atomic E-state index is 12.1. The first-order chi connectivity index (χ1) is 13.0. The third-order valence-corrected chi connectivity index (χ3v) is 3.49. The van der Waals surface area contributed by atoms with Gasteiger partial charge in [0.2, 0.25) is 0 Å². The van der Waals surface area contributed by atoms with Gasteiger partial charge in [-0.05, 0) is 24.6 Å². The van der Waals surface area contributed by atoms with Crippen molar-refractivity contribution in [3.8, 4) is 0 Å². The van der Waals surface area contributed by atoms with E-state index >= 15 is 0 Å². The number of nitrogens with zero attached hydrogens (tertiary/aromatic N) is 4. The molecular weight excluding hydrogens is 352 g/mol. The largest absolute Gasteiger partial charge is 0.471 e. The van der Waals surface area contributed by atoms with Crippen LogP contribution in [0, 0.1) is 0 Å². The molecule has 0 aromatic heterocycles. The molecule has 0 radical (unpaired) electrons. The first-order valence-electron chi connectivity index (χ1n) is 8.38. The smallest absolute Gasteiger partial charge is 0.272 e. The lowest BCUT2D eigenvalue weighted by molar-refractivity contribution is -0.112. The quantitative estimate of drug-likeness (QED) is 0.354. The van der Waals surface area contributed by atoms with E-state index in [1.54, 1.807) is 13.1 Å². The Hall–Kier alpha value is -3.10. The van der Waals surface area contributed by atoms with E-state index in [0.717, 1.165) is 18.2 Å². The highest BCUT2D eigenvalue weighted by atomic mass is 16.6. The summed E-state index contributed by atoms with van der Waals surface area (Å²) in [7, 11) is 4.43. The maximum Gasteiger partial charge on any atom is 0.272 e. The zero-order valence-electron chi connectivity index (χ0n) is 16.3. The molecule has 0 spiro atoms. The Bertz CT molecular complexity index is 675. The lowest BCUT2D eigenvalue weighted by Gasteiger charge is -2.18. The number of carbonyl (C=O) groups is 1. The van der Waals surface area contributed by atoms with Crippen molar-refractivity contribution in [2.24, 2.45) is 15.5 Å². The van der Waals surface area contributed by atoms with Crippen LogP contribution in [0.3, 0.4) is 0 Å². The van der Waals surface area contributed by atoms with Crippen LogP contribution in [-0.2, 0) is 30.7 Å². The minimum atomic E-state index is -0.329. The number of ether oxygens (including phenoxy) is 1. The Labute approximate surface area is 159 Å². The van der Waals surface area contributed by atoms with Gasteiger partial charge in [-0.25, -0.2) is 0 Å². The minimum absolute atomic E-state index is 0.0282. The van der Waals surface area contributed by atoms with Gasteiger partial charge in [0.15, 0.2) is 0 Å². The summed E-state index contributed by atoms with van der Waals surface area (Å²) in [4.78, 5) is 28.1. The van der Waals surface area contributed by atoms with Crippen LogP contribution in [0.4, 0.5) is 5.69 Å². The van der Waals surface area contributed by atoms with Gasteiger partial charge in [-0.3, -0.25) is 4.79 Å². The molecule has 0 N–H and O–H groups in total. The molecule has 1 aromatic carbocycles. The molecule has 0 heterocycles. The first kappa shape index (κ1) is 21.9. The van der Waals surface area contributed by atoms with E-state index in [-0.39, 0.29) is 24.5 Å². The van der Waals surface area contributed by atoms with E-state index < -0.39 is 0 Å². The summed E-state index contributed by atoms with van der Waals surface area (Å²) in [6.07, 6.45) is 3.21. The Balaban J connectivity index is 2.76. The molecule has 0 aliphatic carbocycles. The van der Waals surface area contributed by atoms with Gasteiger partial charge in [0.25, 0.3) is 11.8 Å². The van der Waals surface area contributed by atoms with Crippen molar-refractivity contribution in [1.29, 1.82) is 0 Å². The second kappa shape index (κ2) is 12.3. The van der Waals surface area contributed by atoms with Crippen molar-refractivity contribution in [3.05, 3.63) is 29.8 Å². The fourth-order valence-electron chi connectivity index (χ4n) is 1.91. The Kier molecular flexibility index (Phi) is 9.98. The standard InChI is InChI=1S/C18H26N4O5/c1-6-14(2)27-17(21-25-5)11-20-26-13-15-9-7-8-10-16(15)22(3)18(23)12-19-24-4/h7-12,14H,6,13H2,1-5H3. The summed E-state index contributed by atoms with van der Waals surface area (Å²) in [5.41, 5.74) is 1.44. The molecule has 0 fully saturated rings. The van der Waals surface area contributed by atoms with E-state index in [4.69, 9.17) is 14.4 Å². The molecule has 0 saturated carbocycles. The molecular formula is C18H26N4O5. The third-order valence-electron chi connectivity index (χ3n) is 3.49. The molecule has 1 amide bonds. The summed E-state index contributed by atoms with van der Waals surface area (Å²) in [6.45, 7) is 4.06. The molecule has 1 aromatic rings. The number of anilines is 1. The van der Waals surface area contributed by atoms with Crippen LogP contribution in [0.15, 0.2) is 39.7 Å². The summed E-state index contributed by atoms with van der Waals surface area (Å²) in [5.74, 6) is -0.118. The van der Waals surface area contributed by atoms with Gasteiger partial charge in [-0.1, -0.05) is 35.4 Å². The van der Waals surface area contributed by atoms with Gasteiger partial charge < -0.3 is 24.1 Å². The van der Waals surface area contributed by atoms with Gasteiger partial charge in [-0.15, -0.1) is 0 Å². The summed E-state index contributed by atoms with van der Waals surface area (Å²) < 4.78 is 5.54. The molecule has 0 saturated heterocycles. The van der Waals surface area contributed by atoms with E-state index in [1.807, 2.05) is 32.0 Å². The van der Waals surface area contributed by atoms with Crippen molar-refractivity contribution in [2.75, 3.05) is 26.2 Å². The molecule has 0 bridgehead atoms. The number of oxime groups is 3. The van der Waals surface area contributed by atoms with Crippen molar-refractivity contribution in [1.82, 2.24) is 0 Å². The summed E-state index contributed by atoms with van der Waals surface area (Å²) in [5, 5.41) is 11.1. The van der Waals surface area contributed by atoms with Crippen LogP contribution >= 0.6 is 0 Å².